The minimum Gasteiger partial charge on any atom is -0.507 e. The van der Waals surface area contributed by atoms with Crippen LogP contribution in [0.5, 0.6) is 5.75 Å². The summed E-state index contributed by atoms with van der Waals surface area (Å²) in [7, 11) is 0. The van der Waals surface area contributed by atoms with Gasteiger partial charge in [-0.15, -0.1) is 0 Å². The molecule has 8 heteroatoms. The van der Waals surface area contributed by atoms with Crippen molar-refractivity contribution in [1.29, 1.82) is 0 Å². The predicted octanol–water partition coefficient (Wildman–Crippen LogP) is 2.54. The summed E-state index contributed by atoms with van der Waals surface area (Å²) in [6.45, 7) is 0. The number of phenolic OH excluding ortho intramolecular Hbond substituents is 1. The molecular weight excluding hydrogens is 384 g/mol. The second kappa shape index (κ2) is 10.2. The number of anilines is 1. The molecule has 2 aromatic rings. The second-order valence-electron chi connectivity index (χ2n) is 7.07. The Bertz CT molecular complexity index is 952. The van der Waals surface area contributed by atoms with Crippen LogP contribution in [0.3, 0.4) is 0 Å². The first kappa shape index (κ1) is 21.0. The number of rotatable bonds is 5. The summed E-state index contributed by atoms with van der Waals surface area (Å²) in [4.78, 5) is 36.9. The van der Waals surface area contributed by atoms with Crippen LogP contribution < -0.4 is 16.1 Å². The van der Waals surface area contributed by atoms with Crippen molar-refractivity contribution in [1.82, 2.24) is 10.7 Å². The summed E-state index contributed by atoms with van der Waals surface area (Å²) in [5.41, 5.74) is 3.03. The normalized spacial score (nSPS) is 14.3. The van der Waals surface area contributed by atoms with E-state index in [4.69, 9.17) is 0 Å². The molecule has 0 saturated heterocycles. The number of phenols is 1. The number of aromatic hydroxyl groups is 1. The van der Waals surface area contributed by atoms with Crippen molar-refractivity contribution in [3.63, 3.8) is 0 Å². The van der Waals surface area contributed by atoms with E-state index in [1.54, 1.807) is 42.5 Å². The summed E-state index contributed by atoms with van der Waals surface area (Å²) in [6.07, 6.45) is 6.47. The van der Waals surface area contributed by atoms with Crippen molar-refractivity contribution in [2.45, 2.75) is 38.1 Å². The monoisotopic (exact) mass is 408 g/mol. The molecule has 0 aromatic heterocycles. The molecule has 3 rings (SSSR count). The van der Waals surface area contributed by atoms with Crippen molar-refractivity contribution >= 4 is 29.6 Å². The summed E-state index contributed by atoms with van der Waals surface area (Å²) in [5, 5.41) is 18.8. The van der Waals surface area contributed by atoms with Gasteiger partial charge in [-0.1, -0.05) is 43.5 Å². The van der Waals surface area contributed by atoms with Crippen molar-refractivity contribution < 1.29 is 19.5 Å². The van der Waals surface area contributed by atoms with E-state index in [-0.39, 0.29) is 23.4 Å². The lowest BCUT2D eigenvalue weighted by Crippen LogP contribution is -2.37. The first-order chi connectivity index (χ1) is 14.5. The third kappa shape index (κ3) is 5.66. The first-order valence-corrected chi connectivity index (χ1v) is 9.87. The third-order valence-corrected chi connectivity index (χ3v) is 4.87. The van der Waals surface area contributed by atoms with E-state index < -0.39 is 11.8 Å². The Morgan fingerprint density at radius 2 is 1.63 bits per heavy atom. The van der Waals surface area contributed by atoms with Gasteiger partial charge in [-0.05, 0) is 37.1 Å². The Morgan fingerprint density at radius 1 is 0.933 bits per heavy atom. The van der Waals surface area contributed by atoms with Gasteiger partial charge >= 0.3 is 11.8 Å². The number of amides is 3. The largest absolute Gasteiger partial charge is 0.507 e. The number of benzene rings is 2. The number of hydrogen-bond donors (Lipinski definition) is 4. The predicted molar refractivity (Wildman–Crippen MR) is 113 cm³/mol. The van der Waals surface area contributed by atoms with Gasteiger partial charge in [0.25, 0.3) is 5.91 Å². The van der Waals surface area contributed by atoms with E-state index >= 15 is 0 Å². The second-order valence-corrected chi connectivity index (χ2v) is 7.07. The van der Waals surface area contributed by atoms with E-state index in [1.165, 1.54) is 18.7 Å². The average Bonchev–Trinajstić information content (AvgIpc) is 2.76. The molecule has 0 unspecified atom stereocenters. The molecule has 2 aromatic carbocycles. The Morgan fingerprint density at radius 3 is 2.40 bits per heavy atom. The summed E-state index contributed by atoms with van der Waals surface area (Å²) >= 11 is 0. The number of carbonyl (C=O) groups is 3. The summed E-state index contributed by atoms with van der Waals surface area (Å²) < 4.78 is 0. The van der Waals surface area contributed by atoms with Gasteiger partial charge in [0, 0.05) is 11.6 Å². The van der Waals surface area contributed by atoms with Crippen LogP contribution in [0.25, 0.3) is 0 Å². The van der Waals surface area contributed by atoms with Gasteiger partial charge in [-0.25, -0.2) is 5.43 Å². The van der Waals surface area contributed by atoms with E-state index in [9.17, 15) is 19.5 Å². The van der Waals surface area contributed by atoms with Crippen LogP contribution in [0.1, 0.15) is 48.0 Å². The molecule has 0 atom stereocenters. The molecule has 4 N–H and O–H groups in total. The highest BCUT2D eigenvalue weighted by Gasteiger charge is 2.20. The Kier molecular flexibility index (Phi) is 7.15. The highest BCUT2D eigenvalue weighted by Crippen LogP contribution is 2.20. The van der Waals surface area contributed by atoms with Crippen molar-refractivity contribution in [2.24, 2.45) is 5.10 Å². The smallest absolute Gasteiger partial charge is 0.329 e. The van der Waals surface area contributed by atoms with Crippen molar-refractivity contribution in [3.05, 3.63) is 59.7 Å². The van der Waals surface area contributed by atoms with Crippen LogP contribution in [0.2, 0.25) is 0 Å². The molecule has 0 bridgehead atoms. The molecule has 1 fully saturated rings. The highest BCUT2D eigenvalue weighted by molar-refractivity contribution is 6.40. The van der Waals surface area contributed by atoms with Gasteiger partial charge in [-0.3, -0.25) is 14.4 Å². The van der Waals surface area contributed by atoms with E-state index in [2.05, 4.69) is 21.2 Å². The van der Waals surface area contributed by atoms with E-state index in [0.717, 1.165) is 25.7 Å². The third-order valence-electron chi connectivity index (χ3n) is 4.87. The maximum Gasteiger partial charge on any atom is 0.329 e. The van der Waals surface area contributed by atoms with Gasteiger partial charge in [0.05, 0.1) is 17.5 Å². The van der Waals surface area contributed by atoms with Gasteiger partial charge in [0.15, 0.2) is 0 Å². The van der Waals surface area contributed by atoms with Crippen LogP contribution >= 0.6 is 0 Å². The quantitative estimate of drug-likeness (QED) is 0.345. The SMILES string of the molecule is O=C(NN=Cc1ccccc1O)C(=O)Nc1ccccc1C(=O)NC1CCCCC1. The maximum absolute atomic E-state index is 12.6. The van der Waals surface area contributed by atoms with Crippen LogP contribution in [-0.2, 0) is 9.59 Å². The van der Waals surface area contributed by atoms with Gasteiger partial charge < -0.3 is 15.7 Å². The lowest BCUT2D eigenvalue weighted by molar-refractivity contribution is -0.136. The van der Waals surface area contributed by atoms with Crippen LogP contribution in [0.4, 0.5) is 5.69 Å². The first-order valence-electron chi connectivity index (χ1n) is 9.87. The molecule has 3 amide bonds. The molecule has 0 aliphatic heterocycles. The highest BCUT2D eigenvalue weighted by atomic mass is 16.3. The molecule has 8 nitrogen and oxygen atoms in total. The molecule has 0 radical (unpaired) electrons. The standard InChI is InChI=1S/C22H24N4O4/c27-19-13-7-4-8-15(19)14-23-26-22(30)21(29)25-18-12-6-5-11-17(18)20(28)24-16-9-2-1-3-10-16/h4-8,11-14,16,27H,1-3,9-10H2,(H,24,28)(H,25,29)(H,26,30). The van der Waals surface area contributed by atoms with Gasteiger partial charge in [0.1, 0.15) is 5.75 Å². The lowest BCUT2D eigenvalue weighted by atomic mass is 9.95. The van der Waals surface area contributed by atoms with Crippen molar-refractivity contribution in [3.8, 4) is 5.75 Å². The van der Waals surface area contributed by atoms with Crippen LogP contribution in [-0.4, -0.2) is 35.1 Å². The Hall–Kier alpha value is -3.68. The van der Waals surface area contributed by atoms with Gasteiger partial charge in [-0.2, -0.15) is 5.10 Å². The summed E-state index contributed by atoms with van der Waals surface area (Å²) in [6, 6.07) is 13.1. The fraction of sp³-hybridized carbons (Fsp3) is 0.273. The van der Waals surface area contributed by atoms with Gasteiger partial charge in [0.2, 0.25) is 0 Å². The number of hydrazone groups is 1. The molecule has 0 spiro atoms. The zero-order valence-electron chi connectivity index (χ0n) is 16.4. The Balaban J connectivity index is 1.60. The van der Waals surface area contributed by atoms with Crippen LogP contribution in [0.15, 0.2) is 53.6 Å². The van der Waals surface area contributed by atoms with E-state index in [0.29, 0.717) is 11.1 Å². The zero-order valence-corrected chi connectivity index (χ0v) is 16.4. The number of nitrogens with one attached hydrogen (secondary N) is 3. The molecule has 0 heterocycles. The van der Waals surface area contributed by atoms with Crippen molar-refractivity contribution in [2.75, 3.05) is 5.32 Å². The summed E-state index contributed by atoms with van der Waals surface area (Å²) in [5.74, 6) is -2.24. The number of nitrogens with zero attached hydrogens (tertiary/aromatic N) is 1. The minimum absolute atomic E-state index is 0.00199. The number of carbonyl (C=O) groups excluding carboxylic acids is 3. The zero-order chi connectivity index (χ0) is 21.3. The molecule has 1 aliphatic carbocycles. The molecule has 156 valence electrons. The van der Waals surface area contributed by atoms with E-state index in [1.807, 2.05) is 0 Å². The molecule has 1 saturated carbocycles. The maximum atomic E-state index is 12.6. The molecule has 30 heavy (non-hydrogen) atoms. The topological polar surface area (TPSA) is 120 Å². The molecular formula is C22H24N4O4. The Labute approximate surface area is 174 Å². The minimum atomic E-state index is -0.996. The number of hydrogen-bond acceptors (Lipinski definition) is 5. The fourth-order valence-corrected chi connectivity index (χ4v) is 3.29. The lowest BCUT2D eigenvalue weighted by Gasteiger charge is -2.23. The fourth-order valence-electron chi connectivity index (χ4n) is 3.29. The number of para-hydroxylation sites is 2. The molecule has 1 aliphatic rings. The van der Waals surface area contributed by atoms with Crippen LogP contribution in [0, 0.1) is 0 Å². The average molecular weight is 408 g/mol.